The number of ketones is 1. The Morgan fingerprint density at radius 2 is 1.44 bits per heavy atom. The van der Waals surface area contributed by atoms with Crippen LogP contribution in [0.1, 0.15) is 56.1 Å². The summed E-state index contributed by atoms with van der Waals surface area (Å²) >= 11 is 0. The van der Waals surface area contributed by atoms with Gasteiger partial charge in [0.25, 0.3) is 0 Å². The molecule has 1 fully saturated rings. The molecule has 4 rings (SSSR count). The first kappa shape index (κ1) is 32.8. The predicted molar refractivity (Wildman–Crippen MR) is 143 cm³/mol. The van der Waals surface area contributed by atoms with E-state index in [4.69, 9.17) is 33.2 Å². The maximum atomic E-state index is 13.7. The smallest absolute Gasteiger partial charge is 0.308 e. The van der Waals surface area contributed by atoms with Crippen molar-refractivity contribution in [2.45, 2.75) is 70.7 Å². The number of carbonyl (C=O) groups is 6. The number of aromatic hydroxyl groups is 2. The van der Waals surface area contributed by atoms with E-state index in [9.17, 15) is 44.1 Å². The number of phenolic OH excluding ortho intramolecular Hbond substituents is 2. The zero-order chi connectivity index (χ0) is 33.3. The summed E-state index contributed by atoms with van der Waals surface area (Å²) in [7, 11) is 1.08. The molecule has 1 aromatic carbocycles. The van der Waals surface area contributed by atoms with E-state index >= 15 is 0 Å². The largest absolute Gasteiger partial charge is 0.507 e. The molecule has 3 aliphatic rings. The number of rotatable bonds is 7. The van der Waals surface area contributed by atoms with E-state index in [0.29, 0.717) is 0 Å². The SMILES string of the molecule is COC(=O)C[C@@H]1OC(c2c(O)cc3c(c2O)C(=O)C2C=C(OC(C)=O)C(O)=CC2O3)[C@@H](OC(C)=O)[C@H](OC(C)=O)[C@H]1OC(C)=O. The third-order valence-corrected chi connectivity index (χ3v) is 7.03. The van der Waals surface area contributed by atoms with Crippen LogP contribution in [0.5, 0.6) is 17.2 Å². The first-order valence-corrected chi connectivity index (χ1v) is 13.5. The molecule has 0 amide bonds. The maximum absolute atomic E-state index is 13.7. The molecular formula is C29H30O16. The van der Waals surface area contributed by atoms with Crippen molar-refractivity contribution in [1.82, 2.24) is 0 Å². The highest BCUT2D eigenvalue weighted by atomic mass is 16.6. The normalized spacial score (nSPS) is 26.9. The van der Waals surface area contributed by atoms with Crippen LogP contribution in [-0.4, -0.2) is 88.6 Å². The Kier molecular flexibility index (Phi) is 9.37. The highest BCUT2D eigenvalue weighted by Gasteiger charge is 2.54. The summed E-state index contributed by atoms with van der Waals surface area (Å²) in [6, 6.07) is 0.969. The lowest BCUT2D eigenvalue weighted by molar-refractivity contribution is -0.250. The number of benzene rings is 1. The summed E-state index contributed by atoms with van der Waals surface area (Å²) < 4.78 is 37.6. The predicted octanol–water partition coefficient (Wildman–Crippen LogP) is 1.36. The number of fused-ring (bicyclic) bond motifs is 2. The Morgan fingerprint density at radius 3 is 2.02 bits per heavy atom. The van der Waals surface area contributed by atoms with Crippen molar-refractivity contribution in [3.63, 3.8) is 0 Å². The standard InChI is InChI=1S/C29H30O16/c1-10(30)40-18-6-14-17(7-15(18)34)44-19-8-16(35)22(25(38)23(19)24(14)37)27-29(43-13(4)33)28(42-12(3)32)26(41-11(2)31)20(45-27)9-21(36)39-5/h6-8,14,17,20,26-29,34-35,38H,9H2,1-5H3/t14?,17?,20-,26-,27?,28+,29+/m0/s1. The molecule has 16 heteroatoms. The molecule has 2 heterocycles. The lowest BCUT2D eigenvalue weighted by Gasteiger charge is -2.45. The van der Waals surface area contributed by atoms with Gasteiger partial charge in [0.2, 0.25) is 0 Å². The van der Waals surface area contributed by atoms with Crippen LogP contribution in [0.25, 0.3) is 0 Å². The third kappa shape index (κ3) is 6.69. The summed E-state index contributed by atoms with van der Waals surface area (Å²) in [4.78, 5) is 73.9. The Balaban J connectivity index is 1.87. The van der Waals surface area contributed by atoms with Gasteiger partial charge in [0.1, 0.15) is 41.1 Å². The van der Waals surface area contributed by atoms with E-state index < -0.39 is 113 Å². The molecule has 0 aromatic heterocycles. The van der Waals surface area contributed by atoms with Crippen molar-refractivity contribution in [3.05, 3.63) is 40.9 Å². The molecule has 45 heavy (non-hydrogen) atoms. The van der Waals surface area contributed by atoms with Crippen molar-refractivity contribution in [2.75, 3.05) is 7.11 Å². The van der Waals surface area contributed by atoms with E-state index in [0.717, 1.165) is 53.0 Å². The van der Waals surface area contributed by atoms with E-state index in [1.807, 2.05) is 0 Å². The van der Waals surface area contributed by atoms with Gasteiger partial charge >= 0.3 is 29.8 Å². The van der Waals surface area contributed by atoms with Crippen LogP contribution in [0.3, 0.4) is 0 Å². The highest BCUT2D eigenvalue weighted by Crippen LogP contribution is 2.51. The van der Waals surface area contributed by atoms with Crippen molar-refractivity contribution in [2.24, 2.45) is 5.92 Å². The molecule has 1 aliphatic carbocycles. The molecule has 1 saturated heterocycles. The number of ether oxygens (including phenoxy) is 7. The molecule has 7 atom stereocenters. The topological polar surface area (TPSA) is 228 Å². The third-order valence-electron chi connectivity index (χ3n) is 7.03. The van der Waals surface area contributed by atoms with Gasteiger partial charge < -0.3 is 48.5 Å². The second-order valence-electron chi connectivity index (χ2n) is 10.3. The second kappa shape index (κ2) is 12.9. The number of methoxy groups -OCH3 is 1. The van der Waals surface area contributed by atoms with Gasteiger partial charge in [-0.1, -0.05) is 0 Å². The fourth-order valence-electron chi connectivity index (χ4n) is 5.37. The molecule has 16 nitrogen and oxygen atoms in total. The first-order valence-electron chi connectivity index (χ1n) is 13.5. The summed E-state index contributed by atoms with van der Waals surface area (Å²) in [5.74, 6) is -9.06. The average Bonchev–Trinajstić information content (AvgIpc) is 2.92. The minimum Gasteiger partial charge on any atom is -0.507 e. The summed E-state index contributed by atoms with van der Waals surface area (Å²) in [6.45, 7) is 4.15. The van der Waals surface area contributed by atoms with Crippen molar-refractivity contribution >= 4 is 35.6 Å². The number of esters is 5. The number of Topliss-reactive ketones (excluding diaryl/α,β-unsaturated/α-hetero) is 1. The number of phenols is 2. The minimum absolute atomic E-state index is 0.298. The molecule has 242 valence electrons. The van der Waals surface area contributed by atoms with E-state index in [1.54, 1.807) is 0 Å². The number of hydrogen-bond donors (Lipinski definition) is 3. The molecule has 0 spiro atoms. The zero-order valence-corrected chi connectivity index (χ0v) is 24.6. The van der Waals surface area contributed by atoms with Gasteiger partial charge in [0.15, 0.2) is 35.6 Å². The minimum atomic E-state index is -1.74. The quantitative estimate of drug-likeness (QED) is 0.284. The Hall–Kier alpha value is -5.12. The molecule has 1 aromatic rings. The zero-order valence-electron chi connectivity index (χ0n) is 24.6. The van der Waals surface area contributed by atoms with Gasteiger partial charge in [-0.05, 0) is 6.08 Å². The Morgan fingerprint density at radius 1 is 0.844 bits per heavy atom. The van der Waals surface area contributed by atoms with Crippen LogP contribution in [0.15, 0.2) is 29.7 Å². The number of aliphatic hydroxyl groups is 1. The van der Waals surface area contributed by atoms with Crippen LogP contribution in [0.2, 0.25) is 0 Å². The van der Waals surface area contributed by atoms with Gasteiger partial charge in [-0.3, -0.25) is 28.8 Å². The number of carbonyl (C=O) groups excluding carboxylic acids is 6. The summed E-state index contributed by atoms with van der Waals surface area (Å²) in [5, 5.41) is 32.9. The van der Waals surface area contributed by atoms with Crippen molar-refractivity contribution < 1.29 is 77.2 Å². The molecule has 0 bridgehead atoms. The van der Waals surface area contributed by atoms with Crippen molar-refractivity contribution in [3.8, 4) is 17.2 Å². The molecule has 0 radical (unpaired) electrons. The maximum Gasteiger partial charge on any atom is 0.308 e. The molecular weight excluding hydrogens is 604 g/mol. The molecule has 3 unspecified atom stereocenters. The molecule has 3 N–H and O–H groups in total. The van der Waals surface area contributed by atoms with Gasteiger partial charge in [0, 0.05) is 39.8 Å². The lowest BCUT2D eigenvalue weighted by atomic mass is 9.82. The van der Waals surface area contributed by atoms with Gasteiger partial charge in [-0.25, -0.2) is 0 Å². The van der Waals surface area contributed by atoms with Crippen LogP contribution >= 0.6 is 0 Å². The number of hydrogen-bond acceptors (Lipinski definition) is 16. The van der Waals surface area contributed by atoms with Crippen LogP contribution < -0.4 is 4.74 Å². The summed E-state index contributed by atoms with van der Waals surface area (Å²) in [6.07, 6.45) is -7.54. The fourth-order valence-corrected chi connectivity index (χ4v) is 5.37. The fraction of sp³-hybridized carbons (Fsp3) is 0.448. The lowest BCUT2D eigenvalue weighted by Crippen LogP contribution is -2.58. The van der Waals surface area contributed by atoms with E-state index in [-0.39, 0.29) is 11.5 Å². The average molecular weight is 635 g/mol. The monoisotopic (exact) mass is 634 g/mol. The first-order chi connectivity index (χ1) is 21.1. The van der Waals surface area contributed by atoms with Crippen LogP contribution in [0.4, 0.5) is 0 Å². The van der Waals surface area contributed by atoms with E-state index in [2.05, 4.69) is 0 Å². The van der Waals surface area contributed by atoms with Crippen molar-refractivity contribution in [1.29, 1.82) is 0 Å². The number of aliphatic hydroxyl groups excluding tert-OH is 1. The van der Waals surface area contributed by atoms with Crippen LogP contribution in [-0.2, 0) is 52.4 Å². The van der Waals surface area contributed by atoms with Crippen LogP contribution in [0, 0.1) is 5.92 Å². The van der Waals surface area contributed by atoms with Gasteiger partial charge in [-0.2, -0.15) is 0 Å². The van der Waals surface area contributed by atoms with Gasteiger partial charge in [0.05, 0.1) is 25.0 Å². The highest BCUT2D eigenvalue weighted by molar-refractivity contribution is 6.06. The van der Waals surface area contributed by atoms with E-state index in [1.165, 1.54) is 0 Å². The molecule has 2 aliphatic heterocycles. The molecule has 0 saturated carbocycles. The van der Waals surface area contributed by atoms with Gasteiger partial charge in [-0.15, -0.1) is 0 Å². The Labute approximate surface area is 255 Å². The summed E-state index contributed by atoms with van der Waals surface area (Å²) in [5.41, 5.74) is -0.986. The second-order valence-corrected chi connectivity index (χ2v) is 10.3. The Bertz CT molecular complexity index is 1510.